The van der Waals surface area contributed by atoms with E-state index in [1.54, 1.807) is 0 Å². The molecular weight excluding hydrogens is 134 g/mol. The summed E-state index contributed by atoms with van der Waals surface area (Å²) < 4.78 is 0. The van der Waals surface area contributed by atoms with Crippen molar-refractivity contribution >= 4 is 0 Å². The maximum absolute atomic E-state index is 9.03. The Morgan fingerprint density at radius 2 is 1.60 bits per heavy atom. The number of hydrogen-bond acceptors (Lipinski definition) is 4. The van der Waals surface area contributed by atoms with Crippen LogP contribution in [0.4, 0.5) is 0 Å². The van der Waals surface area contributed by atoms with Crippen molar-refractivity contribution in [2.24, 2.45) is 5.73 Å². The predicted molar refractivity (Wildman–Crippen MR) is 35.1 cm³/mol. The summed E-state index contributed by atoms with van der Waals surface area (Å²) in [7, 11) is 0. The summed E-state index contributed by atoms with van der Waals surface area (Å²) in [5, 5.41) is 26.9. The molecule has 10 heavy (non-hydrogen) atoms. The molecule has 1 rings (SSSR count). The van der Waals surface area contributed by atoms with Gasteiger partial charge in [0.1, 0.15) is 18.3 Å². The standard InChI is InChI=1S/C6H11NO3/c7-3-1-2-4(8)6(10)5(3)9/h1-6,8-10H,7H2/t3-,4-,5-,6+/m0/s1. The molecule has 0 radical (unpaired) electrons. The summed E-state index contributed by atoms with van der Waals surface area (Å²) in [6, 6.07) is -0.571. The van der Waals surface area contributed by atoms with E-state index in [4.69, 9.17) is 21.1 Å². The minimum atomic E-state index is -1.15. The second-order valence-electron chi connectivity index (χ2n) is 2.43. The van der Waals surface area contributed by atoms with E-state index in [0.717, 1.165) is 0 Å². The molecule has 0 aromatic carbocycles. The smallest absolute Gasteiger partial charge is 0.111 e. The average Bonchev–Trinajstić information content (AvgIpc) is 1.93. The molecule has 0 heterocycles. The fraction of sp³-hybridized carbons (Fsp3) is 0.667. The maximum Gasteiger partial charge on any atom is 0.111 e. The van der Waals surface area contributed by atoms with Crippen molar-refractivity contribution in [3.05, 3.63) is 12.2 Å². The lowest BCUT2D eigenvalue weighted by molar-refractivity contribution is -0.0518. The second kappa shape index (κ2) is 2.67. The molecule has 4 nitrogen and oxygen atoms in total. The van der Waals surface area contributed by atoms with E-state index in [0.29, 0.717) is 0 Å². The molecule has 0 aliphatic heterocycles. The minimum Gasteiger partial charge on any atom is -0.388 e. The van der Waals surface area contributed by atoms with Gasteiger partial charge in [-0.05, 0) is 0 Å². The van der Waals surface area contributed by atoms with Crippen LogP contribution in [0.1, 0.15) is 0 Å². The third kappa shape index (κ3) is 1.19. The summed E-state index contributed by atoms with van der Waals surface area (Å²) in [4.78, 5) is 0. The highest BCUT2D eigenvalue weighted by Crippen LogP contribution is 2.11. The minimum absolute atomic E-state index is 0.571. The Bertz CT molecular complexity index is 132. The van der Waals surface area contributed by atoms with Crippen molar-refractivity contribution in [3.8, 4) is 0 Å². The zero-order chi connectivity index (χ0) is 7.72. The van der Waals surface area contributed by atoms with Gasteiger partial charge in [0.05, 0.1) is 6.04 Å². The lowest BCUT2D eigenvalue weighted by Crippen LogP contribution is -2.49. The molecule has 1 aliphatic carbocycles. The molecule has 1 aliphatic rings. The van der Waals surface area contributed by atoms with Crippen LogP contribution >= 0.6 is 0 Å². The van der Waals surface area contributed by atoms with Gasteiger partial charge >= 0.3 is 0 Å². The van der Waals surface area contributed by atoms with Crippen LogP contribution in [0.25, 0.3) is 0 Å². The van der Waals surface area contributed by atoms with E-state index in [9.17, 15) is 0 Å². The van der Waals surface area contributed by atoms with Crippen LogP contribution in [0.2, 0.25) is 0 Å². The van der Waals surface area contributed by atoms with Crippen LogP contribution in [0.5, 0.6) is 0 Å². The van der Waals surface area contributed by atoms with Gasteiger partial charge in [0.15, 0.2) is 0 Å². The molecule has 0 aromatic heterocycles. The van der Waals surface area contributed by atoms with Crippen molar-refractivity contribution in [3.63, 3.8) is 0 Å². The molecule has 58 valence electrons. The van der Waals surface area contributed by atoms with Gasteiger partial charge in [-0.2, -0.15) is 0 Å². The normalized spacial score (nSPS) is 47.6. The molecule has 0 spiro atoms. The first kappa shape index (κ1) is 7.68. The van der Waals surface area contributed by atoms with Crippen LogP contribution in [-0.2, 0) is 0 Å². The molecule has 5 N–H and O–H groups in total. The van der Waals surface area contributed by atoms with Gasteiger partial charge in [-0.1, -0.05) is 12.2 Å². The van der Waals surface area contributed by atoms with E-state index in [1.165, 1.54) is 12.2 Å². The van der Waals surface area contributed by atoms with Crippen molar-refractivity contribution in [1.29, 1.82) is 0 Å². The lowest BCUT2D eigenvalue weighted by atomic mass is 9.95. The number of aliphatic hydroxyl groups excluding tert-OH is 3. The fourth-order valence-corrected chi connectivity index (χ4v) is 0.900. The lowest BCUT2D eigenvalue weighted by Gasteiger charge is -2.28. The first-order valence-electron chi connectivity index (χ1n) is 3.11. The van der Waals surface area contributed by atoms with E-state index >= 15 is 0 Å². The third-order valence-corrected chi connectivity index (χ3v) is 1.62. The maximum atomic E-state index is 9.03. The van der Waals surface area contributed by atoms with Gasteiger partial charge in [0.2, 0.25) is 0 Å². The van der Waals surface area contributed by atoms with Crippen LogP contribution in [0.15, 0.2) is 12.2 Å². The Labute approximate surface area is 58.6 Å². The summed E-state index contributed by atoms with van der Waals surface area (Å²) in [6.07, 6.45) is -0.348. The van der Waals surface area contributed by atoms with E-state index < -0.39 is 24.4 Å². The van der Waals surface area contributed by atoms with Crippen molar-refractivity contribution in [2.45, 2.75) is 24.4 Å². The molecule has 0 saturated heterocycles. The SMILES string of the molecule is N[C@H]1C=C[C@H](O)[C@@H](O)[C@H]1O. The van der Waals surface area contributed by atoms with E-state index in [2.05, 4.69) is 0 Å². The Kier molecular flexibility index (Phi) is 2.05. The summed E-state index contributed by atoms with van der Waals surface area (Å²) in [5.74, 6) is 0. The van der Waals surface area contributed by atoms with Gasteiger partial charge in [0, 0.05) is 0 Å². The Morgan fingerprint density at radius 3 is 2.10 bits per heavy atom. The van der Waals surface area contributed by atoms with Gasteiger partial charge in [-0.15, -0.1) is 0 Å². The quantitative estimate of drug-likeness (QED) is 0.296. The summed E-state index contributed by atoms with van der Waals surface area (Å²) >= 11 is 0. The molecule has 0 bridgehead atoms. The largest absolute Gasteiger partial charge is 0.388 e. The highest BCUT2D eigenvalue weighted by molar-refractivity contribution is 5.09. The third-order valence-electron chi connectivity index (χ3n) is 1.62. The molecule has 0 aromatic rings. The Hall–Kier alpha value is -0.420. The van der Waals surface area contributed by atoms with Gasteiger partial charge in [-0.25, -0.2) is 0 Å². The van der Waals surface area contributed by atoms with E-state index in [1.807, 2.05) is 0 Å². The summed E-state index contributed by atoms with van der Waals surface area (Å²) in [5.41, 5.74) is 5.32. The number of rotatable bonds is 0. The zero-order valence-corrected chi connectivity index (χ0v) is 5.38. The zero-order valence-electron chi connectivity index (χ0n) is 5.38. The van der Waals surface area contributed by atoms with Crippen molar-refractivity contribution < 1.29 is 15.3 Å². The van der Waals surface area contributed by atoms with Crippen LogP contribution in [0, 0.1) is 0 Å². The second-order valence-corrected chi connectivity index (χ2v) is 2.43. The van der Waals surface area contributed by atoms with Gasteiger partial charge in [-0.3, -0.25) is 0 Å². The average molecular weight is 145 g/mol. The molecule has 4 atom stereocenters. The number of hydrogen-bond donors (Lipinski definition) is 4. The van der Waals surface area contributed by atoms with Crippen molar-refractivity contribution in [1.82, 2.24) is 0 Å². The van der Waals surface area contributed by atoms with Crippen molar-refractivity contribution in [2.75, 3.05) is 0 Å². The van der Waals surface area contributed by atoms with E-state index in [-0.39, 0.29) is 0 Å². The monoisotopic (exact) mass is 145 g/mol. The van der Waals surface area contributed by atoms with Crippen LogP contribution in [-0.4, -0.2) is 39.7 Å². The first-order valence-corrected chi connectivity index (χ1v) is 3.11. The molecule has 0 fully saturated rings. The van der Waals surface area contributed by atoms with Crippen LogP contribution < -0.4 is 5.73 Å². The molecule has 4 heteroatoms. The van der Waals surface area contributed by atoms with Crippen LogP contribution in [0.3, 0.4) is 0 Å². The summed E-state index contributed by atoms with van der Waals surface area (Å²) in [6.45, 7) is 0. The first-order chi connectivity index (χ1) is 4.63. The fourth-order valence-electron chi connectivity index (χ4n) is 0.900. The van der Waals surface area contributed by atoms with Gasteiger partial charge in [0.25, 0.3) is 0 Å². The molecule has 0 saturated carbocycles. The molecular formula is C6H11NO3. The topological polar surface area (TPSA) is 86.7 Å². The highest BCUT2D eigenvalue weighted by Gasteiger charge is 2.30. The molecule has 0 amide bonds. The Balaban J connectivity index is 2.69. The highest BCUT2D eigenvalue weighted by atomic mass is 16.4. The number of nitrogens with two attached hydrogens (primary N) is 1. The Morgan fingerprint density at radius 1 is 1.00 bits per heavy atom. The predicted octanol–water partition coefficient (Wildman–Crippen LogP) is -2.03. The number of aliphatic hydroxyl groups is 3. The molecule has 0 unspecified atom stereocenters. The van der Waals surface area contributed by atoms with Gasteiger partial charge < -0.3 is 21.1 Å².